The Bertz CT molecular complexity index is 726. The van der Waals surface area contributed by atoms with Crippen LogP contribution in [0, 0.1) is 0 Å². The van der Waals surface area contributed by atoms with Crippen molar-refractivity contribution in [2.75, 3.05) is 18.4 Å². The molecule has 6 nitrogen and oxygen atoms in total. The average Bonchev–Trinajstić information content (AvgIpc) is 2.53. The Hall–Kier alpha value is -2.37. The summed E-state index contributed by atoms with van der Waals surface area (Å²) in [6.45, 7) is 6.98. The van der Waals surface area contributed by atoms with Crippen molar-refractivity contribution < 1.29 is 9.53 Å². The minimum Gasteiger partial charge on any atom is -0.444 e. The summed E-state index contributed by atoms with van der Waals surface area (Å²) in [4.78, 5) is 22.9. The minimum atomic E-state index is -0.473. The zero-order valence-electron chi connectivity index (χ0n) is 14.5. The lowest BCUT2D eigenvalue weighted by Gasteiger charge is -2.34. The molecule has 1 saturated heterocycles. The number of carbonyl (C=O) groups is 1. The van der Waals surface area contributed by atoms with E-state index in [4.69, 9.17) is 4.74 Å². The lowest BCUT2D eigenvalue weighted by Crippen LogP contribution is -2.47. The number of amides is 1. The van der Waals surface area contributed by atoms with Crippen LogP contribution in [-0.4, -0.2) is 45.7 Å². The van der Waals surface area contributed by atoms with Crippen molar-refractivity contribution in [1.82, 2.24) is 14.9 Å². The van der Waals surface area contributed by atoms with E-state index < -0.39 is 5.60 Å². The average molecular weight is 328 g/mol. The van der Waals surface area contributed by atoms with Crippen molar-refractivity contribution in [3.63, 3.8) is 0 Å². The van der Waals surface area contributed by atoms with Gasteiger partial charge in [0.1, 0.15) is 5.60 Å². The molecule has 2 aromatic rings. The number of aromatic nitrogens is 2. The summed E-state index contributed by atoms with van der Waals surface area (Å²) in [5.74, 6) is 0.602. The maximum atomic E-state index is 12.2. The molecule has 2 heterocycles. The number of fused-ring (bicyclic) bond motifs is 1. The highest BCUT2D eigenvalue weighted by Crippen LogP contribution is 2.18. The SMILES string of the molecule is CC(C)(C)OC(=O)N1CCC[C@H](Nc2ncc3ccccc3n2)C1. The molecule has 1 aromatic heterocycles. The third-order valence-corrected chi connectivity index (χ3v) is 3.90. The summed E-state index contributed by atoms with van der Waals surface area (Å²) < 4.78 is 5.46. The first kappa shape index (κ1) is 16.5. The molecule has 24 heavy (non-hydrogen) atoms. The number of ether oxygens (including phenoxy) is 1. The molecule has 0 radical (unpaired) electrons. The van der Waals surface area contributed by atoms with Gasteiger partial charge in [-0.25, -0.2) is 14.8 Å². The van der Waals surface area contributed by atoms with Crippen LogP contribution in [0.15, 0.2) is 30.5 Å². The fourth-order valence-electron chi connectivity index (χ4n) is 2.81. The van der Waals surface area contributed by atoms with Gasteiger partial charge in [0.2, 0.25) is 5.95 Å². The number of hydrogen-bond acceptors (Lipinski definition) is 5. The molecule has 0 spiro atoms. The molecular weight excluding hydrogens is 304 g/mol. The number of rotatable bonds is 2. The van der Waals surface area contributed by atoms with E-state index in [-0.39, 0.29) is 12.1 Å². The first-order valence-corrected chi connectivity index (χ1v) is 8.37. The van der Waals surface area contributed by atoms with Crippen molar-refractivity contribution in [3.8, 4) is 0 Å². The van der Waals surface area contributed by atoms with Crippen molar-refractivity contribution in [1.29, 1.82) is 0 Å². The lowest BCUT2D eigenvalue weighted by atomic mass is 10.1. The Morgan fingerprint density at radius 2 is 2.12 bits per heavy atom. The van der Waals surface area contributed by atoms with Gasteiger partial charge in [0, 0.05) is 30.7 Å². The normalized spacial score (nSPS) is 18.5. The molecule has 1 atom stereocenters. The molecule has 1 N–H and O–H groups in total. The highest BCUT2D eigenvalue weighted by atomic mass is 16.6. The van der Waals surface area contributed by atoms with E-state index in [1.807, 2.05) is 51.2 Å². The number of nitrogens with zero attached hydrogens (tertiary/aromatic N) is 3. The van der Waals surface area contributed by atoms with Crippen LogP contribution in [0.4, 0.5) is 10.7 Å². The highest BCUT2D eigenvalue weighted by Gasteiger charge is 2.27. The number of piperidine rings is 1. The summed E-state index contributed by atoms with van der Waals surface area (Å²) >= 11 is 0. The molecule has 1 fully saturated rings. The summed E-state index contributed by atoms with van der Waals surface area (Å²) in [6.07, 6.45) is 3.48. The Morgan fingerprint density at radius 1 is 1.33 bits per heavy atom. The van der Waals surface area contributed by atoms with E-state index in [1.54, 1.807) is 4.90 Å². The number of benzene rings is 1. The van der Waals surface area contributed by atoms with Gasteiger partial charge < -0.3 is 15.0 Å². The Labute approximate surface area is 142 Å². The van der Waals surface area contributed by atoms with Crippen LogP contribution in [0.3, 0.4) is 0 Å². The van der Waals surface area contributed by atoms with E-state index in [9.17, 15) is 4.79 Å². The van der Waals surface area contributed by atoms with E-state index in [2.05, 4.69) is 15.3 Å². The fourth-order valence-corrected chi connectivity index (χ4v) is 2.81. The predicted molar refractivity (Wildman–Crippen MR) is 94.0 cm³/mol. The number of nitrogens with one attached hydrogen (secondary N) is 1. The fraction of sp³-hybridized carbons (Fsp3) is 0.500. The summed E-state index contributed by atoms with van der Waals surface area (Å²) in [5.41, 5.74) is 0.439. The van der Waals surface area contributed by atoms with Gasteiger partial charge >= 0.3 is 6.09 Å². The van der Waals surface area contributed by atoms with Crippen LogP contribution in [0.1, 0.15) is 33.6 Å². The molecular formula is C18H24N4O2. The lowest BCUT2D eigenvalue weighted by molar-refractivity contribution is 0.0206. The number of carbonyl (C=O) groups excluding carboxylic acids is 1. The second-order valence-corrected chi connectivity index (χ2v) is 7.16. The van der Waals surface area contributed by atoms with Gasteiger partial charge in [-0.05, 0) is 39.7 Å². The number of para-hydroxylation sites is 1. The van der Waals surface area contributed by atoms with Gasteiger partial charge in [-0.3, -0.25) is 0 Å². The molecule has 128 valence electrons. The van der Waals surface area contributed by atoms with Crippen LogP contribution in [-0.2, 0) is 4.74 Å². The van der Waals surface area contributed by atoms with Crippen molar-refractivity contribution in [2.24, 2.45) is 0 Å². The third-order valence-electron chi connectivity index (χ3n) is 3.90. The molecule has 6 heteroatoms. The van der Waals surface area contributed by atoms with E-state index >= 15 is 0 Å². The van der Waals surface area contributed by atoms with Crippen molar-refractivity contribution in [3.05, 3.63) is 30.5 Å². The summed E-state index contributed by atoms with van der Waals surface area (Å²) in [5, 5.41) is 4.36. The smallest absolute Gasteiger partial charge is 0.410 e. The summed E-state index contributed by atoms with van der Waals surface area (Å²) in [7, 11) is 0. The van der Waals surface area contributed by atoms with Crippen LogP contribution in [0.5, 0.6) is 0 Å². The van der Waals surface area contributed by atoms with Gasteiger partial charge in [-0.1, -0.05) is 18.2 Å². The van der Waals surface area contributed by atoms with Gasteiger partial charge in [0.05, 0.1) is 5.52 Å². The van der Waals surface area contributed by atoms with Gasteiger partial charge in [-0.15, -0.1) is 0 Å². The largest absolute Gasteiger partial charge is 0.444 e. The maximum absolute atomic E-state index is 12.2. The number of likely N-dealkylation sites (tertiary alicyclic amines) is 1. The topological polar surface area (TPSA) is 67.3 Å². The molecule has 0 saturated carbocycles. The molecule has 1 aliphatic heterocycles. The quantitative estimate of drug-likeness (QED) is 0.914. The molecule has 1 aromatic carbocycles. The maximum Gasteiger partial charge on any atom is 0.410 e. The zero-order valence-corrected chi connectivity index (χ0v) is 14.5. The molecule has 0 aliphatic carbocycles. The molecule has 0 unspecified atom stereocenters. The second-order valence-electron chi connectivity index (χ2n) is 7.16. The minimum absolute atomic E-state index is 0.132. The molecule has 1 amide bonds. The standard InChI is InChI=1S/C18H24N4O2/c1-18(2,3)24-17(23)22-10-6-8-14(12-22)20-16-19-11-13-7-4-5-9-15(13)21-16/h4-5,7,9,11,14H,6,8,10,12H2,1-3H3,(H,19,20,21)/t14-/m0/s1. The van der Waals surface area contributed by atoms with Gasteiger partial charge in [-0.2, -0.15) is 0 Å². The number of hydrogen-bond donors (Lipinski definition) is 1. The molecule has 0 bridgehead atoms. The zero-order chi connectivity index (χ0) is 17.2. The Morgan fingerprint density at radius 3 is 2.92 bits per heavy atom. The van der Waals surface area contributed by atoms with Crippen molar-refractivity contribution in [2.45, 2.75) is 45.3 Å². The van der Waals surface area contributed by atoms with Crippen LogP contribution in [0.2, 0.25) is 0 Å². The monoisotopic (exact) mass is 328 g/mol. The highest BCUT2D eigenvalue weighted by molar-refractivity contribution is 5.78. The Balaban J connectivity index is 1.65. The van der Waals surface area contributed by atoms with E-state index in [0.717, 1.165) is 30.3 Å². The van der Waals surface area contributed by atoms with Gasteiger partial charge in [0.15, 0.2) is 0 Å². The van der Waals surface area contributed by atoms with E-state index in [0.29, 0.717) is 12.5 Å². The summed E-state index contributed by atoms with van der Waals surface area (Å²) in [6, 6.07) is 8.02. The predicted octanol–water partition coefficient (Wildman–Crippen LogP) is 3.44. The van der Waals surface area contributed by atoms with Gasteiger partial charge in [0.25, 0.3) is 0 Å². The number of anilines is 1. The Kier molecular flexibility index (Phi) is 4.55. The second kappa shape index (κ2) is 6.63. The molecule has 1 aliphatic rings. The van der Waals surface area contributed by atoms with Crippen LogP contribution in [0.25, 0.3) is 10.9 Å². The first-order valence-electron chi connectivity index (χ1n) is 8.37. The van der Waals surface area contributed by atoms with Crippen molar-refractivity contribution >= 4 is 22.9 Å². The third kappa shape index (κ3) is 4.13. The molecule has 3 rings (SSSR count). The van der Waals surface area contributed by atoms with Crippen LogP contribution >= 0.6 is 0 Å². The first-order chi connectivity index (χ1) is 11.4. The van der Waals surface area contributed by atoms with E-state index in [1.165, 1.54) is 0 Å². The van der Waals surface area contributed by atoms with Crippen LogP contribution < -0.4 is 5.32 Å².